The van der Waals surface area contributed by atoms with Crippen LogP contribution >= 0.6 is 0 Å². The van der Waals surface area contributed by atoms with Gasteiger partial charge in [-0.3, -0.25) is 4.99 Å². The van der Waals surface area contributed by atoms with Gasteiger partial charge in [0.05, 0.1) is 14.2 Å². The third-order valence-electron chi connectivity index (χ3n) is 4.92. The smallest absolute Gasteiger partial charge is 0.193 e. The van der Waals surface area contributed by atoms with E-state index in [9.17, 15) is 0 Å². The lowest BCUT2D eigenvalue weighted by molar-refractivity contribution is 0.0203. The van der Waals surface area contributed by atoms with E-state index in [4.69, 9.17) is 18.9 Å². The number of methoxy groups -OCH3 is 2. The zero-order valence-electron chi connectivity index (χ0n) is 17.7. The van der Waals surface area contributed by atoms with Gasteiger partial charge in [-0.2, -0.15) is 0 Å². The molecular weight excluding hydrogens is 358 g/mol. The van der Waals surface area contributed by atoms with Gasteiger partial charge in [-0.05, 0) is 37.3 Å². The Morgan fingerprint density at radius 2 is 2.04 bits per heavy atom. The van der Waals surface area contributed by atoms with Crippen LogP contribution in [0.2, 0.25) is 0 Å². The molecule has 7 heteroatoms. The highest BCUT2D eigenvalue weighted by atomic mass is 16.5. The lowest BCUT2D eigenvalue weighted by Gasteiger charge is -2.23. The quantitative estimate of drug-likeness (QED) is 0.374. The number of hydrogen-bond donors (Lipinski definition) is 1. The summed E-state index contributed by atoms with van der Waals surface area (Å²) >= 11 is 0. The standard InChI is InChI=1S/C21H35N3O4/c1-22-21(23-10-5-11-28-16-17-8-12-27-13-9-17)24(2)15-18-6-7-19(25-3)14-20(18)26-4/h6-7,14,17H,5,8-13,15-16H2,1-4H3,(H,22,23). The summed E-state index contributed by atoms with van der Waals surface area (Å²) in [6, 6.07) is 5.86. The van der Waals surface area contributed by atoms with Crippen molar-refractivity contribution in [3.05, 3.63) is 23.8 Å². The number of benzene rings is 1. The van der Waals surface area contributed by atoms with Gasteiger partial charge < -0.3 is 29.2 Å². The van der Waals surface area contributed by atoms with Gasteiger partial charge in [0.25, 0.3) is 0 Å². The van der Waals surface area contributed by atoms with Crippen molar-refractivity contribution < 1.29 is 18.9 Å². The molecule has 1 aliphatic heterocycles. The minimum absolute atomic E-state index is 0.653. The topological polar surface area (TPSA) is 64.6 Å². The molecule has 28 heavy (non-hydrogen) atoms. The van der Waals surface area contributed by atoms with Gasteiger partial charge in [0, 0.05) is 65.2 Å². The Morgan fingerprint density at radius 1 is 1.25 bits per heavy atom. The molecule has 0 amide bonds. The average Bonchev–Trinajstić information content (AvgIpc) is 2.74. The van der Waals surface area contributed by atoms with Crippen LogP contribution in [-0.4, -0.2) is 72.1 Å². The first-order valence-corrected chi connectivity index (χ1v) is 9.96. The molecule has 0 aliphatic carbocycles. The lowest BCUT2D eigenvalue weighted by Crippen LogP contribution is -2.39. The predicted octanol–water partition coefficient (Wildman–Crippen LogP) is 2.54. The first-order valence-electron chi connectivity index (χ1n) is 9.96. The zero-order valence-corrected chi connectivity index (χ0v) is 17.7. The molecule has 2 rings (SSSR count). The number of nitrogens with one attached hydrogen (secondary N) is 1. The van der Waals surface area contributed by atoms with Crippen molar-refractivity contribution in [1.29, 1.82) is 0 Å². The van der Waals surface area contributed by atoms with Crippen LogP contribution in [0.1, 0.15) is 24.8 Å². The van der Waals surface area contributed by atoms with E-state index in [0.29, 0.717) is 12.5 Å². The summed E-state index contributed by atoms with van der Waals surface area (Å²) in [6.45, 7) is 4.86. The monoisotopic (exact) mass is 393 g/mol. The van der Waals surface area contributed by atoms with E-state index in [-0.39, 0.29) is 0 Å². The van der Waals surface area contributed by atoms with Gasteiger partial charge in [-0.15, -0.1) is 0 Å². The minimum Gasteiger partial charge on any atom is -0.497 e. The molecule has 1 aromatic carbocycles. The zero-order chi connectivity index (χ0) is 20.2. The van der Waals surface area contributed by atoms with Crippen LogP contribution in [0.15, 0.2) is 23.2 Å². The highest BCUT2D eigenvalue weighted by Gasteiger charge is 2.14. The second-order valence-electron chi connectivity index (χ2n) is 6.99. The highest BCUT2D eigenvalue weighted by Crippen LogP contribution is 2.25. The predicted molar refractivity (Wildman–Crippen MR) is 111 cm³/mol. The van der Waals surface area contributed by atoms with Crippen molar-refractivity contribution in [2.24, 2.45) is 10.9 Å². The molecule has 0 unspecified atom stereocenters. The Balaban J connectivity index is 1.70. The fraction of sp³-hybridized carbons (Fsp3) is 0.667. The van der Waals surface area contributed by atoms with E-state index in [2.05, 4.69) is 15.2 Å². The minimum atomic E-state index is 0.653. The van der Waals surface area contributed by atoms with Crippen molar-refractivity contribution in [3.8, 4) is 11.5 Å². The summed E-state index contributed by atoms with van der Waals surface area (Å²) in [5.74, 6) is 3.09. The summed E-state index contributed by atoms with van der Waals surface area (Å²) in [5.41, 5.74) is 1.08. The van der Waals surface area contributed by atoms with Crippen LogP contribution in [0.5, 0.6) is 11.5 Å². The molecule has 0 atom stereocenters. The van der Waals surface area contributed by atoms with Gasteiger partial charge in [0.2, 0.25) is 0 Å². The van der Waals surface area contributed by atoms with E-state index in [1.165, 1.54) is 0 Å². The van der Waals surface area contributed by atoms with Crippen LogP contribution in [0, 0.1) is 5.92 Å². The van der Waals surface area contributed by atoms with Crippen molar-refractivity contribution in [3.63, 3.8) is 0 Å². The Labute approximate surface area is 169 Å². The van der Waals surface area contributed by atoms with Crippen molar-refractivity contribution in [2.75, 3.05) is 61.3 Å². The van der Waals surface area contributed by atoms with E-state index >= 15 is 0 Å². The second kappa shape index (κ2) is 12.5. The molecule has 1 N–H and O–H groups in total. The van der Waals surface area contributed by atoms with Crippen LogP contribution in [0.3, 0.4) is 0 Å². The van der Waals surface area contributed by atoms with Gasteiger partial charge in [0.15, 0.2) is 5.96 Å². The van der Waals surface area contributed by atoms with E-state index in [1.54, 1.807) is 21.3 Å². The molecule has 7 nitrogen and oxygen atoms in total. The molecule has 1 heterocycles. The third-order valence-corrected chi connectivity index (χ3v) is 4.92. The Kier molecular flexibility index (Phi) is 9.93. The van der Waals surface area contributed by atoms with Crippen molar-refractivity contribution >= 4 is 5.96 Å². The summed E-state index contributed by atoms with van der Waals surface area (Å²) in [5, 5.41) is 3.40. The molecule has 0 saturated carbocycles. The Bertz CT molecular complexity index is 603. The van der Waals surface area contributed by atoms with Crippen LogP contribution in [0.25, 0.3) is 0 Å². The number of ether oxygens (including phenoxy) is 4. The summed E-state index contributed by atoms with van der Waals surface area (Å²) in [4.78, 5) is 6.45. The fourth-order valence-electron chi connectivity index (χ4n) is 3.24. The van der Waals surface area contributed by atoms with E-state index < -0.39 is 0 Å². The molecule has 1 aromatic rings. The Hall–Kier alpha value is -1.99. The van der Waals surface area contributed by atoms with Gasteiger partial charge >= 0.3 is 0 Å². The van der Waals surface area contributed by atoms with Gasteiger partial charge in [-0.25, -0.2) is 0 Å². The number of hydrogen-bond acceptors (Lipinski definition) is 5. The van der Waals surface area contributed by atoms with Gasteiger partial charge in [0.1, 0.15) is 11.5 Å². The normalized spacial score (nSPS) is 15.4. The SMILES string of the molecule is CN=C(NCCCOCC1CCOCC1)N(C)Cc1ccc(OC)cc1OC. The van der Waals surface area contributed by atoms with Crippen molar-refractivity contribution in [1.82, 2.24) is 10.2 Å². The molecular formula is C21H35N3O4. The van der Waals surface area contributed by atoms with Crippen LogP contribution < -0.4 is 14.8 Å². The molecule has 0 radical (unpaired) electrons. The first-order chi connectivity index (χ1) is 13.7. The highest BCUT2D eigenvalue weighted by molar-refractivity contribution is 5.79. The molecule has 1 aliphatic rings. The number of rotatable bonds is 10. The molecule has 0 aromatic heterocycles. The first kappa shape index (κ1) is 22.3. The molecule has 0 bridgehead atoms. The molecule has 1 saturated heterocycles. The maximum Gasteiger partial charge on any atom is 0.193 e. The molecule has 1 fully saturated rings. The summed E-state index contributed by atoms with van der Waals surface area (Å²) in [7, 11) is 7.14. The summed E-state index contributed by atoms with van der Waals surface area (Å²) in [6.07, 6.45) is 3.18. The van der Waals surface area contributed by atoms with Gasteiger partial charge in [-0.1, -0.05) is 0 Å². The maximum absolute atomic E-state index is 5.82. The maximum atomic E-state index is 5.82. The summed E-state index contributed by atoms with van der Waals surface area (Å²) < 4.78 is 21.9. The van der Waals surface area contributed by atoms with E-state index in [0.717, 1.165) is 75.3 Å². The fourth-order valence-corrected chi connectivity index (χ4v) is 3.24. The molecule has 158 valence electrons. The van der Waals surface area contributed by atoms with Crippen LogP contribution in [0.4, 0.5) is 0 Å². The largest absolute Gasteiger partial charge is 0.497 e. The second-order valence-corrected chi connectivity index (χ2v) is 6.99. The number of nitrogens with zero attached hydrogens (tertiary/aromatic N) is 2. The lowest BCUT2D eigenvalue weighted by atomic mass is 10.0. The molecule has 0 spiro atoms. The van der Waals surface area contributed by atoms with E-state index in [1.807, 2.05) is 25.2 Å². The Morgan fingerprint density at radius 3 is 2.71 bits per heavy atom. The third kappa shape index (κ3) is 7.20. The average molecular weight is 394 g/mol. The number of guanidine groups is 1. The van der Waals surface area contributed by atoms with Crippen LogP contribution in [-0.2, 0) is 16.0 Å². The number of aliphatic imine (C=N–C) groups is 1. The van der Waals surface area contributed by atoms with Crippen molar-refractivity contribution in [2.45, 2.75) is 25.8 Å².